The fraction of sp³-hybridized carbons (Fsp3) is 0.316. The van der Waals surface area contributed by atoms with Crippen LogP contribution in [0.2, 0.25) is 5.02 Å². The van der Waals surface area contributed by atoms with Gasteiger partial charge in [-0.25, -0.2) is 0 Å². The number of H-pyrrole nitrogens is 1. The fourth-order valence-electron chi connectivity index (χ4n) is 3.28. The predicted molar refractivity (Wildman–Crippen MR) is 105 cm³/mol. The van der Waals surface area contributed by atoms with Gasteiger partial charge in [0.05, 0.1) is 5.52 Å². The van der Waals surface area contributed by atoms with E-state index in [0.29, 0.717) is 0 Å². The maximum atomic E-state index is 6.60. The van der Waals surface area contributed by atoms with Gasteiger partial charge in [0, 0.05) is 22.0 Å². The second-order valence-corrected chi connectivity index (χ2v) is 6.13. The zero-order valence-corrected chi connectivity index (χ0v) is 15.8. The highest BCUT2D eigenvalue weighted by Gasteiger charge is 2.22. The molecule has 1 heterocycles. The first kappa shape index (κ1) is 18.8. The van der Waals surface area contributed by atoms with Crippen molar-refractivity contribution in [1.29, 1.82) is 0 Å². The second-order valence-electron chi connectivity index (χ2n) is 5.72. The molecule has 1 aromatic heterocycles. The zero-order chi connectivity index (χ0) is 16.4. The van der Waals surface area contributed by atoms with Crippen LogP contribution in [0.5, 0.6) is 0 Å². The summed E-state index contributed by atoms with van der Waals surface area (Å²) in [7, 11) is 0. The Hall–Kier alpha value is -1.55. The molecule has 2 aromatic carbocycles. The van der Waals surface area contributed by atoms with E-state index in [2.05, 4.69) is 48.0 Å². The van der Waals surface area contributed by atoms with E-state index in [9.17, 15) is 0 Å². The molecule has 128 valence electrons. The molecule has 3 rings (SSSR count). The van der Waals surface area contributed by atoms with Gasteiger partial charge in [0.2, 0.25) is 0 Å². The van der Waals surface area contributed by atoms with Crippen molar-refractivity contribution in [3.63, 3.8) is 0 Å². The van der Waals surface area contributed by atoms with Crippen molar-refractivity contribution in [3.05, 3.63) is 53.1 Å². The normalized spacial score (nSPS) is 12.4. The van der Waals surface area contributed by atoms with Crippen molar-refractivity contribution in [2.24, 2.45) is 0 Å². The highest BCUT2D eigenvalue weighted by molar-refractivity contribution is 6.32. The molecule has 24 heavy (non-hydrogen) atoms. The Bertz CT molecular complexity index is 795. The maximum absolute atomic E-state index is 6.60. The minimum absolute atomic E-state index is 0. The second kappa shape index (κ2) is 8.02. The largest absolute Gasteiger partial charge is 0.297 e. The van der Waals surface area contributed by atoms with Gasteiger partial charge < -0.3 is 0 Å². The van der Waals surface area contributed by atoms with Crippen LogP contribution in [0, 0.1) is 0 Å². The number of nitrogens with one attached hydrogen (secondary N) is 1. The number of benzene rings is 2. The van der Waals surface area contributed by atoms with E-state index in [4.69, 9.17) is 11.6 Å². The van der Waals surface area contributed by atoms with E-state index in [1.165, 1.54) is 0 Å². The minimum Gasteiger partial charge on any atom is -0.297 e. The molecule has 1 unspecified atom stereocenters. The number of aromatic nitrogens is 2. The number of hydrogen-bond acceptors (Lipinski definition) is 2. The first-order valence-electron chi connectivity index (χ1n) is 8.13. The molecule has 1 atom stereocenters. The summed E-state index contributed by atoms with van der Waals surface area (Å²) in [4.78, 5) is 2.41. The van der Waals surface area contributed by atoms with Gasteiger partial charge in [-0.3, -0.25) is 10.00 Å². The molecule has 3 nitrogen and oxygen atoms in total. The molecule has 0 bridgehead atoms. The van der Waals surface area contributed by atoms with Crippen molar-refractivity contribution < 1.29 is 0 Å². The summed E-state index contributed by atoms with van der Waals surface area (Å²) in [6.07, 6.45) is 0. The molecule has 0 spiro atoms. The van der Waals surface area contributed by atoms with Gasteiger partial charge in [-0.05, 0) is 37.7 Å². The highest BCUT2D eigenvalue weighted by Crippen LogP contribution is 2.38. The smallest absolute Gasteiger partial charge is 0.100 e. The van der Waals surface area contributed by atoms with Crippen LogP contribution >= 0.6 is 24.0 Å². The molecule has 1 N–H and O–H groups in total. The summed E-state index contributed by atoms with van der Waals surface area (Å²) in [6.45, 7) is 8.56. The van der Waals surface area contributed by atoms with E-state index in [1.54, 1.807) is 0 Å². The van der Waals surface area contributed by atoms with Crippen molar-refractivity contribution >= 4 is 34.9 Å². The number of fused-ring (bicyclic) bond motifs is 1. The lowest BCUT2D eigenvalue weighted by molar-refractivity contribution is 0.236. The summed E-state index contributed by atoms with van der Waals surface area (Å²) in [5.74, 6) is 0. The fourth-order valence-corrected chi connectivity index (χ4v) is 3.60. The molecular weight excluding hydrogens is 341 g/mol. The van der Waals surface area contributed by atoms with Crippen molar-refractivity contribution in [2.75, 3.05) is 13.1 Å². The lowest BCUT2D eigenvalue weighted by Gasteiger charge is -2.28. The Kier molecular flexibility index (Phi) is 6.27. The van der Waals surface area contributed by atoms with Crippen LogP contribution in [-0.4, -0.2) is 28.2 Å². The third-order valence-corrected chi connectivity index (χ3v) is 4.87. The van der Waals surface area contributed by atoms with E-state index in [1.807, 2.05) is 30.3 Å². The third kappa shape index (κ3) is 3.30. The monoisotopic (exact) mass is 363 g/mol. The molecule has 5 heteroatoms. The van der Waals surface area contributed by atoms with Gasteiger partial charge in [0.1, 0.15) is 5.69 Å². The first-order chi connectivity index (χ1) is 11.2. The summed E-state index contributed by atoms with van der Waals surface area (Å²) < 4.78 is 0. The summed E-state index contributed by atoms with van der Waals surface area (Å²) in [5.41, 5.74) is 4.26. The van der Waals surface area contributed by atoms with Crippen LogP contribution in [0.25, 0.3) is 22.2 Å². The molecule has 0 amide bonds. The Balaban J connectivity index is 0.00000208. The molecule has 0 aliphatic carbocycles. The number of rotatable bonds is 5. The van der Waals surface area contributed by atoms with Gasteiger partial charge >= 0.3 is 0 Å². The topological polar surface area (TPSA) is 31.9 Å². The Morgan fingerprint density at radius 3 is 2.38 bits per heavy atom. The molecule has 0 fully saturated rings. The maximum Gasteiger partial charge on any atom is 0.100 e. The Morgan fingerprint density at radius 1 is 1.08 bits per heavy atom. The zero-order valence-electron chi connectivity index (χ0n) is 14.2. The van der Waals surface area contributed by atoms with Gasteiger partial charge in [-0.2, -0.15) is 5.10 Å². The highest BCUT2D eigenvalue weighted by atomic mass is 35.5. The van der Waals surface area contributed by atoms with Crippen molar-refractivity contribution in [1.82, 2.24) is 15.1 Å². The standard InChI is InChI=1S/C19H22ClN3.ClH/c1-4-23(5-2)13(3)17-15(20)11-12-16-18(17)19(22-21-16)14-9-7-6-8-10-14;/h6-13H,4-5H2,1-3H3,(H,21,22);1H. The SMILES string of the molecule is CCN(CC)C(C)c1c(Cl)ccc2[nH]nc(-c3ccccc3)c12.Cl. The van der Waals surface area contributed by atoms with Gasteiger partial charge in [0.15, 0.2) is 0 Å². The van der Waals surface area contributed by atoms with Crippen LogP contribution in [-0.2, 0) is 0 Å². The molecule has 0 aliphatic rings. The van der Waals surface area contributed by atoms with E-state index in [-0.39, 0.29) is 18.4 Å². The van der Waals surface area contributed by atoms with Crippen molar-refractivity contribution in [3.8, 4) is 11.3 Å². The summed E-state index contributed by atoms with van der Waals surface area (Å²) in [6, 6.07) is 14.5. The third-order valence-electron chi connectivity index (χ3n) is 4.54. The quantitative estimate of drug-likeness (QED) is 0.629. The van der Waals surface area contributed by atoms with E-state index in [0.717, 1.165) is 45.8 Å². The van der Waals surface area contributed by atoms with Crippen LogP contribution in [0.15, 0.2) is 42.5 Å². The van der Waals surface area contributed by atoms with Gasteiger partial charge in [-0.15, -0.1) is 12.4 Å². The molecule has 3 aromatic rings. The number of halogens is 2. The number of hydrogen-bond donors (Lipinski definition) is 1. The molecule has 0 saturated heterocycles. The van der Waals surface area contributed by atoms with E-state index < -0.39 is 0 Å². The van der Waals surface area contributed by atoms with Crippen LogP contribution in [0.4, 0.5) is 0 Å². The van der Waals surface area contributed by atoms with Crippen molar-refractivity contribution in [2.45, 2.75) is 26.8 Å². The molecule has 0 radical (unpaired) electrons. The van der Waals surface area contributed by atoms with Crippen LogP contribution in [0.1, 0.15) is 32.4 Å². The minimum atomic E-state index is 0. The average Bonchev–Trinajstić information content (AvgIpc) is 3.00. The number of nitrogens with zero attached hydrogens (tertiary/aromatic N) is 2. The van der Waals surface area contributed by atoms with Crippen LogP contribution in [0.3, 0.4) is 0 Å². The Morgan fingerprint density at radius 2 is 1.75 bits per heavy atom. The van der Waals surface area contributed by atoms with Gasteiger partial charge in [-0.1, -0.05) is 55.8 Å². The molecule has 0 aliphatic heterocycles. The average molecular weight is 364 g/mol. The lowest BCUT2D eigenvalue weighted by atomic mass is 9.97. The van der Waals surface area contributed by atoms with Gasteiger partial charge in [0.25, 0.3) is 0 Å². The predicted octanol–water partition coefficient (Wildman–Crippen LogP) is 5.71. The number of aromatic amines is 1. The summed E-state index contributed by atoms with van der Waals surface area (Å²) in [5, 5.41) is 9.64. The lowest BCUT2D eigenvalue weighted by Crippen LogP contribution is -2.26. The summed E-state index contributed by atoms with van der Waals surface area (Å²) >= 11 is 6.60. The Labute approximate surface area is 154 Å². The van der Waals surface area contributed by atoms with Crippen LogP contribution < -0.4 is 0 Å². The molecule has 0 saturated carbocycles. The first-order valence-corrected chi connectivity index (χ1v) is 8.51. The van der Waals surface area contributed by atoms with E-state index >= 15 is 0 Å². The molecular formula is C19H23Cl2N3.